The van der Waals surface area contributed by atoms with E-state index in [1.807, 2.05) is 27.7 Å². The lowest BCUT2D eigenvalue weighted by Gasteiger charge is -2.26. The maximum Gasteiger partial charge on any atom is 0.0774 e. The molecule has 0 aliphatic carbocycles. The largest absolute Gasteiger partial charge is 0.393 e. The van der Waals surface area contributed by atoms with Crippen LogP contribution in [0.15, 0.2) is 0 Å². The van der Waals surface area contributed by atoms with Gasteiger partial charge < -0.3 is 14.9 Å². The first kappa shape index (κ1) is 13.9. The number of aliphatic hydroxyl groups excluding tert-OH is 2. The Morgan fingerprint density at radius 2 is 1.71 bits per heavy atom. The molecule has 0 rings (SSSR count). The van der Waals surface area contributed by atoms with E-state index in [2.05, 4.69) is 0 Å². The van der Waals surface area contributed by atoms with Crippen molar-refractivity contribution in [2.75, 3.05) is 13.2 Å². The van der Waals surface area contributed by atoms with Crippen molar-refractivity contribution in [1.82, 2.24) is 0 Å². The maximum absolute atomic E-state index is 9.71. The topological polar surface area (TPSA) is 49.7 Å². The Morgan fingerprint density at radius 1 is 1.14 bits per heavy atom. The van der Waals surface area contributed by atoms with E-state index in [-0.39, 0.29) is 11.5 Å². The fourth-order valence-corrected chi connectivity index (χ4v) is 1.12. The van der Waals surface area contributed by atoms with Gasteiger partial charge in [-0.2, -0.15) is 0 Å². The van der Waals surface area contributed by atoms with Gasteiger partial charge in [0.1, 0.15) is 0 Å². The van der Waals surface area contributed by atoms with Gasteiger partial charge in [0, 0.05) is 6.61 Å². The first-order chi connectivity index (χ1) is 6.38. The number of hydrogen-bond acceptors (Lipinski definition) is 3. The Bertz CT molecular complexity index is 140. The van der Waals surface area contributed by atoms with Crippen molar-refractivity contribution in [2.45, 2.75) is 52.7 Å². The number of aliphatic hydroxyl groups is 2. The highest BCUT2D eigenvalue weighted by Crippen LogP contribution is 2.23. The highest BCUT2D eigenvalue weighted by atomic mass is 16.5. The minimum absolute atomic E-state index is 0.106. The standard InChI is InChI=1S/C11H24O3/c1-5-14-8-9(12)6-7-10(13)11(2,3)4/h9-10,12-13H,5-8H2,1-4H3. The lowest BCUT2D eigenvalue weighted by molar-refractivity contribution is 0.00987. The molecule has 0 radical (unpaired) electrons. The van der Waals surface area contributed by atoms with Crippen LogP contribution < -0.4 is 0 Å². The minimum atomic E-state index is -0.452. The quantitative estimate of drug-likeness (QED) is 0.690. The Kier molecular flexibility index (Phi) is 6.33. The van der Waals surface area contributed by atoms with E-state index in [0.29, 0.717) is 26.1 Å². The summed E-state index contributed by atoms with van der Waals surface area (Å²) in [5, 5.41) is 19.2. The molecule has 0 aromatic rings. The molecule has 0 saturated carbocycles. The molecule has 2 atom stereocenters. The van der Waals surface area contributed by atoms with Crippen LogP contribution in [0.5, 0.6) is 0 Å². The summed E-state index contributed by atoms with van der Waals surface area (Å²) in [7, 11) is 0. The number of rotatable bonds is 6. The third-order valence-electron chi connectivity index (χ3n) is 2.29. The zero-order valence-corrected chi connectivity index (χ0v) is 9.79. The van der Waals surface area contributed by atoms with Crippen LogP contribution in [-0.4, -0.2) is 35.6 Å². The zero-order valence-electron chi connectivity index (χ0n) is 9.79. The number of hydrogen-bond donors (Lipinski definition) is 2. The van der Waals surface area contributed by atoms with Gasteiger partial charge in [-0.05, 0) is 25.2 Å². The zero-order chi connectivity index (χ0) is 11.2. The molecule has 0 aliphatic rings. The molecule has 14 heavy (non-hydrogen) atoms. The smallest absolute Gasteiger partial charge is 0.0774 e. The van der Waals surface area contributed by atoms with Crippen LogP contribution in [0.25, 0.3) is 0 Å². The molecule has 0 heterocycles. The van der Waals surface area contributed by atoms with Gasteiger partial charge in [-0.25, -0.2) is 0 Å². The van der Waals surface area contributed by atoms with E-state index in [1.165, 1.54) is 0 Å². The molecule has 2 N–H and O–H groups in total. The fraction of sp³-hybridized carbons (Fsp3) is 1.00. The van der Waals surface area contributed by atoms with E-state index in [0.717, 1.165) is 0 Å². The molecule has 0 saturated heterocycles. The van der Waals surface area contributed by atoms with Crippen molar-refractivity contribution in [2.24, 2.45) is 5.41 Å². The van der Waals surface area contributed by atoms with Gasteiger partial charge in [0.15, 0.2) is 0 Å². The van der Waals surface area contributed by atoms with Crippen molar-refractivity contribution in [1.29, 1.82) is 0 Å². The van der Waals surface area contributed by atoms with E-state index in [9.17, 15) is 10.2 Å². The van der Waals surface area contributed by atoms with Crippen molar-refractivity contribution in [3.8, 4) is 0 Å². The summed E-state index contributed by atoms with van der Waals surface area (Å²) in [6, 6.07) is 0. The van der Waals surface area contributed by atoms with Crippen LogP contribution in [0.3, 0.4) is 0 Å². The predicted octanol–water partition coefficient (Wildman–Crippen LogP) is 1.57. The van der Waals surface area contributed by atoms with Gasteiger partial charge in [-0.15, -0.1) is 0 Å². The van der Waals surface area contributed by atoms with Crippen molar-refractivity contribution < 1.29 is 14.9 Å². The molecular weight excluding hydrogens is 180 g/mol. The summed E-state index contributed by atoms with van der Waals surface area (Å²) in [4.78, 5) is 0. The molecule has 0 spiro atoms. The summed E-state index contributed by atoms with van der Waals surface area (Å²) >= 11 is 0. The molecule has 0 fully saturated rings. The highest BCUT2D eigenvalue weighted by Gasteiger charge is 2.22. The van der Waals surface area contributed by atoms with Crippen molar-refractivity contribution in [3.63, 3.8) is 0 Å². The maximum atomic E-state index is 9.71. The second kappa shape index (κ2) is 6.38. The number of ether oxygens (including phenoxy) is 1. The summed E-state index contributed by atoms with van der Waals surface area (Å²) < 4.78 is 5.08. The van der Waals surface area contributed by atoms with E-state index in [1.54, 1.807) is 0 Å². The van der Waals surface area contributed by atoms with E-state index < -0.39 is 6.10 Å². The highest BCUT2D eigenvalue weighted by molar-refractivity contribution is 4.73. The van der Waals surface area contributed by atoms with Gasteiger partial charge in [0.2, 0.25) is 0 Å². The first-order valence-corrected chi connectivity index (χ1v) is 5.31. The van der Waals surface area contributed by atoms with Crippen LogP contribution in [0.4, 0.5) is 0 Å². The molecule has 0 bridgehead atoms. The summed E-state index contributed by atoms with van der Waals surface area (Å²) in [6.45, 7) is 8.87. The van der Waals surface area contributed by atoms with Crippen LogP contribution in [-0.2, 0) is 4.74 Å². The fourth-order valence-electron chi connectivity index (χ4n) is 1.12. The third-order valence-corrected chi connectivity index (χ3v) is 2.29. The first-order valence-electron chi connectivity index (χ1n) is 5.31. The summed E-state index contributed by atoms with van der Waals surface area (Å²) in [5.41, 5.74) is -0.106. The average molecular weight is 204 g/mol. The molecule has 0 aromatic carbocycles. The molecular formula is C11H24O3. The third kappa shape index (κ3) is 6.35. The molecule has 0 aliphatic heterocycles. The molecule has 86 valence electrons. The average Bonchev–Trinajstić information content (AvgIpc) is 2.09. The van der Waals surface area contributed by atoms with E-state index in [4.69, 9.17) is 4.74 Å². The van der Waals surface area contributed by atoms with Gasteiger partial charge in [-0.3, -0.25) is 0 Å². The van der Waals surface area contributed by atoms with Crippen LogP contribution in [0, 0.1) is 5.41 Å². The summed E-state index contributed by atoms with van der Waals surface area (Å²) in [5.74, 6) is 0. The molecule has 0 amide bonds. The Balaban J connectivity index is 3.61. The van der Waals surface area contributed by atoms with Gasteiger partial charge in [0.25, 0.3) is 0 Å². The van der Waals surface area contributed by atoms with Gasteiger partial charge in [-0.1, -0.05) is 20.8 Å². The molecule has 0 aromatic heterocycles. The van der Waals surface area contributed by atoms with Gasteiger partial charge in [0.05, 0.1) is 18.8 Å². The molecule has 2 unspecified atom stereocenters. The Morgan fingerprint density at radius 3 is 2.14 bits per heavy atom. The van der Waals surface area contributed by atoms with Crippen molar-refractivity contribution in [3.05, 3.63) is 0 Å². The summed E-state index contributed by atoms with van der Waals surface area (Å²) in [6.07, 6.45) is 0.404. The Hall–Kier alpha value is -0.120. The Labute approximate surface area is 87.1 Å². The second-order valence-electron chi connectivity index (χ2n) is 4.77. The molecule has 3 heteroatoms. The minimum Gasteiger partial charge on any atom is -0.393 e. The lowest BCUT2D eigenvalue weighted by atomic mass is 9.86. The normalized spacial score (nSPS) is 16.7. The monoisotopic (exact) mass is 204 g/mol. The van der Waals surface area contributed by atoms with Gasteiger partial charge >= 0.3 is 0 Å². The van der Waals surface area contributed by atoms with Crippen LogP contribution in [0.1, 0.15) is 40.5 Å². The SMILES string of the molecule is CCOCC(O)CCC(O)C(C)(C)C. The predicted molar refractivity (Wildman–Crippen MR) is 57.2 cm³/mol. The van der Waals surface area contributed by atoms with Crippen molar-refractivity contribution >= 4 is 0 Å². The van der Waals surface area contributed by atoms with Crippen LogP contribution >= 0.6 is 0 Å². The molecule has 3 nitrogen and oxygen atoms in total. The van der Waals surface area contributed by atoms with E-state index >= 15 is 0 Å². The van der Waals surface area contributed by atoms with Crippen LogP contribution in [0.2, 0.25) is 0 Å². The second-order valence-corrected chi connectivity index (χ2v) is 4.77. The lowest BCUT2D eigenvalue weighted by Crippen LogP contribution is -2.28.